The fourth-order valence-electron chi connectivity index (χ4n) is 0.214. The number of aliphatic hydroxyl groups is 1. The summed E-state index contributed by atoms with van der Waals surface area (Å²) >= 11 is 0. The van der Waals surface area contributed by atoms with E-state index in [1.165, 1.54) is 0 Å². The summed E-state index contributed by atoms with van der Waals surface area (Å²) < 4.78 is 0. The maximum Gasteiger partial charge on any atom is 0.303 e. The third-order valence-electron chi connectivity index (χ3n) is 0.882. The summed E-state index contributed by atoms with van der Waals surface area (Å²) in [5, 5.41) is 18.7. The maximum atomic E-state index is 9.60. The summed E-state index contributed by atoms with van der Waals surface area (Å²) in [6, 6.07) is 0. The van der Waals surface area contributed by atoms with Crippen LogP contribution in [0.2, 0.25) is 0 Å². The number of carboxylic acid groups (broad SMARTS) is 1. The molecular weight excluding hydrogens is 146 g/mol. The average molecular weight is 163 g/mol. The molecule has 0 heterocycles. The minimum absolute atomic E-state index is 0.292. The molecule has 0 saturated carbocycles. The summed E-state index contributed by atoms with van der Waals surface area (Å²) in [5.41, 5.74) is 0. The number of rotatable bonds is 3. The van der Waals surface area contributed by atoms with Crippen LogP contribution >= 0.6 is 0 Å². The van der Waals surface area contributed by atoms with Crippen LogP contribution in [0, 0.1) is 0 Å². The second kappa shape index (κ2) is 9.39. The third kappa shape index (κ3) is 26.6. The zero-order chi connectivity index (χ0) is 9.28. The number of aliphatic carboxylic acids is 1. The molecule has 4 heteroatoms. The van der Waals surface area contributed by atoms with Crippen molar-refractivity contribution in [2.75, 3.05) is 7.05 Å². The lowest BCUT2D eigenvalue weighted by atomic mass is 10.4. The second-order valence-electron chi connectivity index (χ2n) is 2.11. The predicted octanol–water partition coefficient (Wildman–Crippen LogP) is 0.415. The molecule has 0 radical (unpaired) electrons. The fraction of sp³-hybridized carbons (Fsp3) is 0.857. The Balaban J connectivity index is 0. The van der Waals surface area contributed by atoms with E-state index in [2.05, 4.69) is 5.32 Å². The summed E-state index contributed by atoms with van der Waals surface area (Å²) in [6.45, 7) is 3.51. The highest BCUT2D eigenvalue weighted by molar-refractivity contribution is 5.66. The highest BCUT2D eigenvalue weighted by Crippen LogP contribution is 1.82. The minimum Gasteiger partial charge on any atom is -0.481 e. The van der Waals surface area contributed by atoms with Gasteiger partial charge in [-0.05, 0) is 20.4 Å². The van der Waals surface area contributed by atoms with Gasteiger partial charge in [0.2, 0.25) is 0 Å². The van der Waals surface area contributed by atoms with Gasteiger partial charge < -0.3 is 10.2 Å². The quantitative estimate of drug-likeness (QED) is 0.527. The number of aliphatic hydroxyl groups excluding tert-OH is 1. The normalized spacial score (nSPS) is 11.3. The summed E-state index contributed by atoms with van der Waals surface area (Å²) in [7, 11) is 1.70. The first-order chi connectivity index (χ1) is 5.04. The van der Waals surface area contributed by atoms with Crippen molar-refractivity contribution >= 4 is 5.97 Å². The lowest BCUT2D eigenvalue weighted by Gasteiger charge is -1.94. The zero-order valence-corrected chi connectivity index (χ0v) is 7.29. The molecule has 0 fully saturated rings. The molecule has 0 aliphatic rings. The van der Waals surface area contributed by atoms with E-state index in [4.69, 9.17) is 10.2 Å². The molecule has 4 nitrogen and oxygen atoms in total. The van der Waals surface area contributed by atoms with Gasteiger partial charge in [0.05, 0.1) is 0 Å². The Hall–Kier alpha value is -0.610. The first-order valence-electron chi connectivity index (χ1n) is 3.61. The van der Waals surface area contributed by atoms with E-state index in [0.717, 1.165) is 6.42 Å². The van der Waals surface area contributed by atoms with Crippen LogP contribution in [-0.2, 0) is 4.79 Å². The molecule has 1 unspecified atom stereocenters. The van der Waals surface area contributed by atoms with Crippen LogP contribution in [0.4, 0.5) is 0 Å². The molecule has 0 bridgehead atoms. The largest absolute Gasteiger partial charge is 0.481 e. The number of hydrogen-bond donors (Lipinski definition) is 3. The fourth-order valence-corrected chi connectivity index (χ4v) is 0.214. The highest BCUT2D eigenvalue weighted by atomic mass is 16.4. The standard InChI is InChI=1S/C4H8O2.C3H9NO/c1-2-3-4(5)6;1-3(5)4-2/h2-3H2,1H3,(H,5,6);3-5H,1-2H3. The van der Waals surface area contributed by atoms with Gasteiger partial charge in [0, 0.05) is 6.42 Å². The van der Waals surface area contributed by atoms with Gasteiger partial charge in [0.1, 0.15) is 6.23 Å². The number of hydrogen-bond acceptors (Lipinski definition) is 3. The summed E-state index contributed by atoms with van der Waals surface area (Å²) in [4.78, 5) is 9.60. The Morgan fingerprint density at radius 2 is 2.00 bits per heavy atom. The molecule has 0 aliphatic heterocycles. The van der Waals surface area contributed by atoms with Crippen LogP contribution in [0.1, 0.15) is 26.7 Å². The molecule has 68 valence electrons. The van der Waals surface area contributed by atoms with Crippen molar-refractivity contribution in [2.24, 2.45) is 0 Å². The van der Waals surface area contributed by atoms with Gasteiger partial charge in [0.25, 0.3) is 0 Å². The van der Waals surface area contributed by atoms with Crippen molar-refractivity contribution in [3.05, 3.63) is 0 Å². The van der Waals surface area contributed by atoms with Crippen LogP contribution < -0.4 is 5.32 Å². The Morgan fingerprint density at radius 1 is 1.64 bits per heavy atom. The molecule has 0 rings (SSSR count). The molecule has 0 aromatic carbocycles. The van der Waals surface area contributed by atoms with E-state index in [-0.39, 0.29) is 6.23 Å². The van der Waals surface area contributed by atoms with Crippen molar-refractivity contribution < 1.29 is 15.0 Å². The molecule has 0 amide bonds. The monoisotopic (exact) mass is 163 g/mol. The highest BCUT2D eigenvalue weighted by Gasteiger charge is 1.87. The number of carbonyl (C=O) groups is 1. The summed E-state index contributed by atoms with van der Waals surface area (Å²) in [6.07, 6.45) is 0.657. The van der Waals surface area contributed by atoms with Crippen LogP contribution in [0.3, 0.4) is 0 Å². The molecule has 0 spiro atoms. The first kappa shape index (κ1) is 13.0. The molecule has 0 saturated heterocycles. The predicted molar refractivity (Wildman–Crippen MR) is 43.3 cm³/mol. The van der Waals surface area contributed by atoms with Crippen molar-refractivity contribution in [1.29, 1.82) is 0 Å². The summed E-state index contributed by atoms with van der Waals surface area (Å²) in [5.74, 6) is -0.711. The molecule has 0 aromatic heterocycles. The number of nitrogens with one attached hydrogen (secondary N) is 1. The Kier molecular flexibility index (Phi) is 11.1. The van der Waals surface area contributed by atoms with E-state index in [9.17, 15) is 4.79 Å². The first-order valence-corrected chi connectivity index (χ1v) is 3.61. The molecule has 1 atom stereocenters. The SMILES string of the molecule is CCCC(=O)O.CNC(C)O. The van der Waals surface area contributed by atoms with E-state index < -0.39 is 5.97 Å². The van der Waals surface area contributed by atoms with E-state index in [0.29, 0.717) is 6.42 Å². The van der Waals surface area contributed by atoms with Crippen LogP contribution in [-0.4, -0.2) is 29.5 Å². The van der Waals surface area contributed by atoms with Gasteiger partial charge >= 0.3 is 5.97 Å². The van der Waals surface area contributed by atoms with E-state index in [1.807, 2.05) is 6.92 Å². The van der Waals surface area contributed by atoms with E-state index in [1.54, 1.807) is 14.0 Å². The average Bonchev–Trinajstić information content (AvgIpc) is 1.89. The minimum atomic E-state index is -0.711. The van der Waals surface area contributed by atoms with Gasteiger partial charge in [-0.25, -0.2) is 0 Å². The Morgan fingerprint density at radius 3 is 2.00 bits per heavy atom. The van der Waals surface area contributed by atoms with Crippen LogP contribution in [0.5, 0.6) is 0 Å². The lowest BCUT2D eigenvalue weighted by molar-refractivity contribution is -0.137. The van der Waals surface area contributed by atoms with Gasteiger partial charge in [-0.3, -0.25) is 10.1 Å². The van der Waals surface area contributed by atoms with Crippen molar-refractivity contribution in [1.82, 2.24) is 5.32 Å². The lowest BCUT2D eigenvalue weighted by Crippen LogP contribution is -2.19. The Bertz CT molecular complexity index is 93.7. The number of carboxylic acids is 1. The Labute approximate surface area is 67.2 Å². The van der Waals surface area contributed by atoms with Gasteiger partial charge in [0.15, 0.2) is 0 Å². The third-order valence-corrected chi connectivity index (χ3v) is 0.882. The van der Waals surface area contributed by atoms with Crippen LogP contribution in [0.15, 0.2) is 0 Å². The second-order valence-corrected chi connectivity index (χ2v) is 2.11. The molecular formula is C7H17NO3. The van der Waals surface area contributed by atoms with Gasteiger partial charge in [-0.15, -0.1) is 0 Å². The van der Waals surface area contributed by atoms with Crippen molar-refractivity contribution in [3.8, 4) is 0 Å². The zero-order valence-electron chi connectivity index (χ0n) is 7.29. The van der Waals surface area contributed by atoms with Gasteiger partial charge in [-0.2, -0.15) is 0 Å². The molecule has 0 aliphatic carbocycles. The topological polar surface area (TPSA) is 69.6 Å². The molecule has 0 aromatic rings. The molecule has 3 N–H and O–H groups in total. The smallest absolute Gasteiger partial charge is 0.303 e. The van der Waals surface area contributed by atoms with Crippen molar-refractivity contribution in [2.45, 2.75) is 32.9 Å². The maximum absolute atomic E-state index is 9.60. The van der Waals surface area contributed by atoms with E-state index >= 15 is 0 Å². The van der Waals surface area contributed by atoms with Crippen molar-refractivity contribution in [3.63, 3.8) is 0 Å². The molecule has 11 heavy (non-hydrogen) atoms. The van der Waals surface area contributed by atoms with Crippen LogP contribution in [0.25, 0.3) is 0 Å². The van der Waals surface area contributed by atoms with Gasteiger partial charge in [-0.1, -0.05) is 6.92 Å².